The molecule has 2 aliphatic rings. The van der Waals surface area contributed by atoms with Crippen LogP contribution in [0.1, 0.15) is 42.3 Å². The number of halogens is 1. The minimum absolute atomic E-state index is 0. The van der Waals surface area contributed by atoms with Crippen molar-refractivity contribution < 1.29 is 0 Å². The summed E-state index contributed by atoms with van der Waals surface area (Å²) in [6, 6.07) is 0. The highest BCUT2D eigenvalue weighted by molar-refractivity contribution is 8.93. The first-order chi connectivity index (χ1) is 7.33. The third kappa shape index (κ3) is 1.48. The molecule has 1 aromatic heterocycles. The van der Waals surface area contributed by atoms with Crippen molar-refractivity contribution in [3.8, 4) is 0 Å². The Kier molecular flexibility index (Phi) is 3.24. The average Bonchev–Trinajstić information content (AvgIpc) is 2.85. The van der Waals surface area contributed by atoms with Crippen molar-refractivity contribution in [2.24, 2.45) is 0 Å². The van der Waals surface area contributed by atoms with Crippen LogP contribution in [0.15, 0.2) is 0 Å². The van der Waals surface area contributed by atoms with Gasteiger partial charge >= 0.3 is 0 Å². The van der Waals surface area contributed by atoms with Gasteiger partial charge < -0.3 is 9.98 Å². The van der Waals surface area contributed by atoms with Crippen LogP contribution in [0, 0.1) is 5.41 Å². The molecule has 0 aliphatic heterocycles. The maximum absolute atomic E-state index is 8.27. The lowest BCUT2D eigenvalue weighted by Crippen LogP contribution is -2.21. The first kappa shape index (κ1) is 11.9. The summed E-state index contributed by atoms with van der Waals surface area (Å²) in [4.78, 5) is 0. The van der Waals surface area contributed by atoms with Gasteiger partial charge in [0.25, 0.3) is 0 Å². The second-order valence-corrected chi connectivity index (χ2v) is 4.68. The Hall–Kier alpha value is -0.570. The van der Waals surface area contributed by atoms with Gasteiger partial charge in [0.1, 0.15) is 0 Å². The lowest BCUT2D eigenvalue weighted by Gasteiger charge is -2.17. The van der Waals surface area contributed by atoms with E-state index >= 15 is 0 Å². The molecule has 88 valence electrons. The lowest BCUT2D eigenvalue weighted by atomic mass is 10.1. The molecule has 2 aliphatic carbocycles. The van der Waals surface area contributed by atoms with E-state index in [1.54, 1.807) is 0 Å². The van der Waals surface area contributed by atoms with Gasteiger partial charge in [-0.15, -0.1) is 17.0 Å². The lowest BCUT2D eigenvalue weighted by molar-refractivity contribution is 0.664. The molecule has 2 nitrogen and oxygen atoms in total. The molecule has 0 saturated carbocycles. The SMILES string of the molecule is Br.CCn1c2c(c(=N)c3c1CCC3)CCC2. The van der Waals surface area contributed by atoms with E-state index in [-0.39, 0.29) is 17.0 Å². The van der Waals surface area contributed by atoms with Gasteiger partial charge in [-0.2, -0.15) is 0 Å². The zero-order valence-corrected chi connectivity index (χ0v) is 11.5. The Labute approximate surface area is 107 Å². The third-order valence-electron chi connectivity index (χ3n) is 3.95. The van der Waals surface area contributed by atoms with Gasteiger partial charge in [0.15, 0.2) is 0 Å². The van der Waals surface area contributed by atoms with Crippen LogP contribution < -0.4 is 5.36 Å². The van der Waals surface area contributed by atoms with E-state index in [1.165, 1.54) is 48.2 Å². The van der Waals surface area contributed by atoms with E-state index in [0.29, 0.717) is 0 Å². The monoisotopic (exact) mass is 282 g/mol. The van der Waals surface area contributed by atoms with E-state index in [2.05, 4.69) is 11.5 Å². The van der Waals surface area contributed by atoms with E-state index in [1.807, 2.05) is 0 Å². The van der Waals surface area contributed by atoms with E-state index in [9.17, 15) is 0 Å². The molecule has 0 atom stereocenters. The smallest absolute Gasteiger partial charge is 0.0638 e. The molecule has 0 saturated heterocycles. The quantitative estimate of drug-likeness (QED) is 0.820. The summed E-state index contributed by atoms with van der Waals surface area (Å²) < 4.78 is 2.50. The highest BCUT2D eigenvalue weighted by Gasteiger charge is 2.24. The molecule has 0 bridgehead atoms. The number of rotatable bonds is 1. The van der Waals surface area contributed by atoms with Crippen LogP contribution in [0.3, 0.4) is 0 Å². The van der Waals surface area contributed by atoms with Gasteiger partial charge in [-0.3, -0.25) is 0 Å². The van der Waals surface area contributed by atoms with Gasteiger partial charge in [0.05, 0.1) is 5.36 Å². The number of hydrogen-bond acceptors (Lipinski definition) is 1. The summed E-state index contributed by atoms with van der Waals surface area (Å²) in [7, 11) is 0. The largest absolute Gasteiger partial charge is 0.348 e. The molecule has 0 aromatic carbocycles. The summed E-state index contributed by atoms with van der Waals surface area (Å²) in [5.41, 5.74) is 5.67. The third-order valence-corrected chi connectivity index (χ3v) is 3.95. The van der Waals surface area contributed by atoms with Gasteiger partial charge in [-0.05, 0) is 56.6 Å². The van der Waals surface area contributed by atoms with E-state index in [4.69, 9.17) is 5.41 Å². The summed E-state index contributed by atoms with van der Waals surface area (Å²) in [6.07, 6.45) is 7.18. The zero-order chi connectivity index (χ0) is 10.4. The van der Waals surface area contributed by atoms with Crippen LogP contribution in [0.4, 0.5) is 0 Å². The molecular formula is C13H19BrN2. The Morgan fingerprint density at radius 1 is 1.00 bits per heavy atom. The van der Waals surface area contributed by atoms with Crippen molar-refractivity contribution in [3.63, 3.8) is 0 Å². The normalized spacial score (nSPS) is 16.8. The van der Waals surface area contributed by atoms with Gasteiger partial charge in [0.2, 0.25) is 0 Å². The van der Waals surface area contributed by atoms with E-state index in [0.717, 1.165) is 24.7 Å². The van der Waals surface area contributed by atoms with Gasteiger partial charge in [-0.1, -0.05) is 0 Å². The molecule has 16 heavy (non-hydrogen) atoms. The molecule has 3 heteroatoms. The highest BCUT2D eigenvalue weighted by atomic mass is 79.9. The molecule has 3 rings (SSSR count). The number of fused-ring (bicyclic) bond motifs is 2. The Bertz CT molecular complexity index is 436. The second kappa shape index (κ2) is 4.36. The van der Waals surface area contributed by atoms with Crippen molar-refractivity contribution in [2.75, 3.05) is 0 Å². The van der Waals surface area contributed by atoms with Crippen molar-refractivity contribution in [3.05, 3.63) is 27.9 Å². The minimum Gasteiger partial charge on any atom is -0.348 e. The van der Waals surface area contributed by atoms with Crippen LogP contribution in [0.5, 0.6) is 0 Å². The van der Waals surface area contributed by atoms with Crippen molar-refractivity contribution in [1.82, 2.24) is 4.57 Å². The summed E-state index contributed by atoms with van der Waals surface area (Å²) >= 11 is 0. The molecule has 0 radical (unpaired) electrons. The summed E-state index contributed by atoms with van der Waals surface area (Å²) in [6.45, 7) is 3.33. The molecule has 1 heterocycles. The molecule has 0 unspecified atom stereocenters. The predicted octanol–water partition coefficient (Wildman–Crippen LogP) is 2.54. The second-order valence-electron chi connectivity index (χ2n) is 4.68. The maximum Gasteiger partial charge on any atom is 0.0638 e. The fourth-order valence-corrected chi connectivity index (χ4v) is 3.32. The molecule has 0 amide bonds. The Balaban J connectivity index is 0.000000963. The van der Waals surface area contributed by atoms with Gasteiger partial charge in [-0.25, -0.2) is 0 Å². The van der Waals surface area contributed by atoms with Crippen LogP contribution >= 0.6 is 17.0 Å². The van der Waals surface area contributed by atoms with Crippen LogP contribution in [0.25, 0.3) is 0 Å². The average molecular weight is 283 g/mol. The molecule has 0 fully saturated rings. The van der Waals surface area contributed by atoms with Crippen molar-refractivity contribution in [2.45, 2.75) is 52.0 Å². The first-order valence-electron chi connectivity index (χ1n) is 6.13. The molecule has 1 aromatic rings. The van der Waals surface area contributed by atoms with E-state index < -0.39 is 0 Å². The Morgan fingerprint density at radius 3 is 1.94 bits per heavy atom. The number of nitrogens with one attached hydrogen (secondary N) is 1. The zero-order valence-electron chi connectivity index (χ0n) is 9.81. The van der Waals surface area contributed by atoms with Crippen molar-refractivity contribution in [1.29, 1.82) is 5.41 Å². The number of nitrogens with zero attached hydrogens (tertiary/aromatic N) is 1. The predicted molar refractivity (Wildman–Crippen MR) is 70.3 cm³/mol. The van der Waals surface area contributed by atoms with Crippen LogP contribution in [0.2, 0.25) is 0 Å². The standard InChI is InChI=1S/C13H18N2.BrH/c1-2-15-11-7-3-5-9(11)13(14)10-6-4-8-12(10)15;/h14H,2-8H2,1H3;1H. The molecule has 0 spiro atoms. The summed E-state index contributed by atoms with van der Waals surface area (Å²) in [5, 5.41) is 9.16. The maximum atomic E-state index is 8.27. The first-order valence-corrected chi connectivity index (χ1v) is 6.13. The molecule has 1 N–H and O–H groups in total. The Morgan fingerprint density at radius 2 is 1.50 bits per heavy atom. The van der Waals surface area contributed by atoms with Crippen molar-refractivity contribution >= 4 is 17.0 Å². The molecular weight excluding hydrogens is 264 g/mol. The fourth-order valence-electron chi connectivity index (χ4n) is 3.32. The highest BCUT2D eigenvalue weighted by Crippen LogP contribution is 2.26. The number of hydrogen-bond donors (Lipinski definition) is 1. The number of aromatic nitrogens is 1. The summed E-state index contributed by atoms with van der Waals surface area (Å²) in [5.74, 6) is 0. The van der Waals surface area contributed by atoms with Crippen LogP contribution in [-0.2, 0) is 32.2 Å². The minimum atomic E-state index is 0. The van der Waals surface area contributed by atoms with Gasteiger partial charge in [0, 0.05) is 17.9 Å². The topological polar surface area (TPSA) is 28.8 Å². The van der Waals surface area contributed by atoms with Crippen LogP contribution in [-0.4, -0.2) is 4.57 Å². The fraction of sp³-hybridized carbons (Fsp3) is 0.615. The number of pyridine rings is 1.